The standard InChI is InChI=1S/C22H32F2N2O6/c1-14(2)11-16(26-21(29)32-22(3,4)5)18(27)25-17(13-31-20(23)24)19(28)30-12-15-9-7-6-8-10-15/h6-10,14,16-17,20H,11-13H2,1-5H3,(H,25,27)(H,26,29)/t16-,17-/m0/s1. The molecule has 0 aliphatic carbocycles. The van der Waals surface area contributed by atoms with Crippen LogP contribution in [0.4, 0.5) is 13.6 Å². The van der Waals surface area contributed by atoms with Gasteiger partial charge in [-0.25, -0.2) is 9.59 Å². The third kappa shape index (κ3) is 11.6. The van der Waals surface area contributed by atoms with E-state index in [0.29, 0.717) is 5.56 Å². The van der Waals surface area contributed by atoms with Crippen molar-refractivity contribution in [3.8, 4) is 0 Å². The predicted octanol–water partition coefficient (Wildman–Crippen LogP) is 3.39. The number of alkyl carbamates (subject to hydrolysis) is 1. The molecule has 2 atom stereocenters. The van der Waals surface area contributed by atoms with Gasteiger partial charge in [-0.05, 0) is 38.7 Å². The van der Waals surface area contributed by atoms with Crippen molar-refractivity contribution in [2.75, 3.05) is 6.61 Å². The molecule has 0 saturated carbocycles. The van der Waals surface area contributed by atoms with Crippen molar-refractivity contribution in [3.05, 3.63) is 35.9 Å². The Balaban J connectivity index is 2.86. The normalized spacial score (nSPS) is 13.4. The van der Waals surface area contributed by atoms with Crippen molar-refractivity contribution in [1.82, 2.24) is 10.6 Å². The Morgan fingerprint density at radius 3 is 2.16 bits per heavy atom. The molecular weight excluding hydrogens is 426 g/mol. The molecule has 0 fully saturated rings. The molecule has 32 heavy (non-hydrogen) atoms. The SMILES string of the molecule is CC(C)C[C@H](NC(=O)OC(C)(C)C)C(=O)N[C@@H](COC(F)F)C(=O)OCc1ccccc1. The molecule has 0 aromatic heterocycles. The van der Waals surface area contributed by atoms with Crippen molar-refractivity contribution < 1.29 is 37.4 Å². The molecule has 180 valence electrons. The van der Waals surface area contributed by atoms with Crippen molar-refractivity contribution in [2.45, 2.75) is 71.9 Å². The number of benzene rings is 1. The van der Waals surface area contributed by atoms with Crippen LogP contribution in [0.5, 0.6) is 0 Å². The Labute approximate surface area is 187 Å². The lowest BCUT2D eigenvalue weighted by Crippen LogP contribution is -2.54. The molecular formula is C22H32F2N2O6. The topological polar surface area (TPSA) is 103 Å². The third-order valence-electron chi connectivity index (χ3n) is 3.93. The summed E-state index contributed by atoms with van der Waals surface area (Å²) in [6.07, 6.45) is -0.586. The van der Waals surface area contributed by atoms with Gasteiger partial charge in [-0.3, -0.25) is 4.79 Å². The molecule has 0 spiro atoms. The van der Waals surface area contributed by atoms with E-state index in [9.17, 15) is 23.2 Å². The number of rotatable bonds is 11. The number of nitrogens with one attached hydrogen (secondary N) is 2. The van der Waals surface area contributed by atoms with E-state index in [1.165, 1.54) is 0 Å². The number of hydrogen-bond donors (Lipinski definition) is 2. The van der Waals surface area contributed by atoms with Crippen LogP contribution in [-0.2, 0) is 30.4 Å². The molecule has 1 rings (SSSR count). The summed E-state index contributed by atoms with van der Waals surface area (Å²) in [7, 11) is 0. The van der Waals surface area contributed by atoms with Crippen LogP contribution in [0.15, 0.2) is 30.3 Å². The molecule has 0 heterocycles. The molecule has 0 radical (unpaired) electrons. The van der Waals surface area contributed by atoms with Gasteiger partial charge in [0.1, 0.15) is 18.2 Å². The first kappa shape index (κ1) is 27.3. The smallest absolute Gasteiger partial charge is 0.408 e. The molecule has 8 nitrogen and oxygen atoms in total. The van der Waals surface area contributed by atoms with Gasteiger partial charge in [-0.2, -0.15) is 8.78 Å². The Morgan fingerprint density at radius 2 is 1.62 bits per heavy atom. The van der Waals surface area contributed by atoms with Crippen molar-refractivity contribution in [1.29, 1.82) is 0 Å². The molecule has 0 saturated heterocycles. The van der Waals surface area contributed by atoms with Crippen LogP contribution < -0.4 is 10.6 Å². The number of alkyl halides is 2. The second-order valence-corrected chi connectivity index (χ2v) is 8.58. The highest BCUT2D eigenvalue weighted by molar-refractivity contribution is 5.89. The maximum Gasteiger partial charge on any atom is 0.408 e. The van der Waals surface area contributed by atoms with Crippen LogP contribution in [-0.4, -0.2) is 48.9 Å². The van der Waals surface area contributed by atoms with Crippen LogP contribution in [0, 0.1) is 5.92 Å². The van der Waals surface area contributed by atoms with E-state index in [1.807, 2.05) is 13.8 Å². The summed E-state index contributed by atoms with van der Waals surface area (Å²) in [5, 5.41) is 4.80. The van der Waals surface area contributed by atoms with E-state index < -0.39 is 48.9 Å². The predicted molar refractivity (Wildman–Crippen MR) is 113 cm³/mol. The van der Waals surface area contributed by atoms with Crippen molar-refractivity contribution >= 4 is 18.0 Å². The number of ether oxygens (including phenoxy) is 3. The van der Waals surface area contributed by atoms with E-state index >= 15 is 0 Å². The van der Waals surface area contributed by atoms with Crippen LogP contribution in [0.3, 0.4) is 0 Å². The van der Waals surface area contributed by atoms with E-state index in [0.717, 1.165) is 0 Å². The average molecular weight is 459 g/mol. The van der Waals surface area contributed by atoms with Crippen LogP contribution in [0.25, 0.3) is 0 Å². The summed E-state index contributed by atoms with van der Waals surface area (Å²) in [6, 6.07) is 6.19. The molecule has 2 amide bonds. The number of carbonyl (C=O) groups excluding carboxylic acids is 3. The monoisotopic (exact) mass is 458 g/mol. The summed E-state index contributed by atoms with van der Waals surface area (Å²) < 4.78 is 39.6. The number of esters is 1. The van der Waals surface area contributed by atoms with Gasteiger partial charge < -0.3 is 24.8 Å². The molecule has 1 aromatic carbocycles. The summed E-state index contributed by atoms with van der Waals surface area (Å²) in [5.41, 5.74) is -0.0948. The minimum atomic E-state index is -3.14. The minimum Gasteiger partial charge on any atom is -0.459 e. The summed E-state index contributed by atoms with van der Waals surface area (Å²) in [6.45, 7) is 4.65. The highest BCUT2D eigenvalue weighted by Gasteiger charge is 2.30. The first-order valence-corrected chi connectivity index (χ1v) is 10.3. The number of carbonyl (C=O) groups is 3. The Bertz CT molecular complexity index is 738. The maximum atomic E-state index is 12.8. The summed E-state index contributed by atoms with van der Waals surface area (Å²) in [4.78, 5) is 37.3. The van der Waals surface area contributed by atoms with Gasteiger partial charge in [0.2, 0.25) is 5.91 Å². The van der Waals surface area contributed by atoms with Crippen LogP contribution in [0.1, 0.15) is 46.6 Å². The fraction of sp³-hybridized carbons (Fsp3) is 0.591. The second-order valence-electron chi connectivity index (χ2n) is 8.58. The molecule has 0 bridgehead atoms. The Morgan fingerprint density at radius 1 is 1.00 bits per heavy atom. The summed E-state index contributed by atoms with van der Waals surface area (Å²) in [5.74, 6) is -1.69. The zero-order valence-electron chi connectivity index (χ0n) is 19.0. The Hall–Kier alpha value is -2.75. The number of amides is 2. The molecule has 0 aliphatic heterocycles. The lowest BCUT2D eigenvalue weighted by atomic mass is 10.0. The fourth-order valence-electron chi connectivity index (χ4n) is 2.59. The van der Waals surface area contributed by atoms with Gasteiger partial charge in [0, 0.05) is 0 Å². The number of hydrogen-bond acceptors (Lipinski definition) is 6. The van der Waals surface area contributed by atoms with Gasteiger partial charge in [-0.15, -0.1) is 0 Å². The van der Waals surface area contributed by atoms with Crippen molar-refractivity contribution in [2.24, 2.45) is 5.92 Å². The highest BCUT2D eigenvalue weighted by atomic mass is 19.3. The van der Waals surface area contributed by atoms with E-state index in [4.69, 9.17) is 9.47 Å². The third-order valence-corrected chi connectivity index (χ3v) is 3.93. The largest absolute Gasteiger partial charge is 0.459 e. The highest BCUT2D eigenvalue weighted by Crippen LogP contribution is 2.11. The maximum absolute atomic E-state index is 12.8. The van der Waals surface area contributed by atoms with Crippen LogP contribution >= 0.6 is 0 Å². The zero-order chi connectivity index (χ0) is 24.3. The lowest BCUT2D eigenvalue weighted by molar-refractivity contribution is -0.161. The van der Waals surface area contributed by atoms with Gasteiger partial charge in [0.25, 0.3) is 0 Å². The number of halogens is 2. The lowest BCUT2D eigenvalue weighted by Gasteiger charge is -2.25. The first-order valence-electron chi connectivity index (χ1n) is 10.3. The van der Waals surface area contributed by atoms with E-state index in [2.05, 4.69) is 15.4 Å². The van der Waals surface area contributed by atoms with Crippen molar-refractivity contribution in [3.63, 3.8) is 0 Å². The fourth-order valence-corrected chi connectivity index (χ4v) is 2.59. The van der Waals surface area contributed by atoms with Gasteiger partial charge >= 0.3 is 18.7 Å². The van der Waals surface area contributed by atoms with Crippen LogP contribution in [0.2, 0.25) is 0 Å². The second kappa shape index (κ2) is 12.9. The first-order chi connectivity index (χ1) is 14.9. The molecule has 2 N–H and O–H groups in total. The molecule has 0 aliphatic rings. The molecule has 1 aromatic rings. The zero-order valence-corrected chi connectivity index (χ0v) is 19.0. The minimum absolute atomic E-state index is 0.00137. The molecule has 10 heteroatoms. The van der Waals surface area contributed by atoms with Gasteiger partial charge in [0.05, 0.1) is 6.61 Å². The quantitative estimate of drug-likeness (QED) is 0.493. The summed E-state index contributed by atoms with van der Waals surface area (Å²) >= 11 is 0. The van der Waals surface area contributed by atoms with Gasteiger partial charge in [-0.1, -0.05) is 44.2 Å². The average Bonchev–Trinajstić information content (AvgIpc) is 2.67. The van der Waals surface area contributed by atoms with E-state index in [1.54, 1.807) is 51.1 Å². The Kier molecular flexibility index (Phi) is 11.0. The van der Waals surface area contributed by atoms with Gasteiger partial charge in [0.15, 0.2) is 6.04 Å². The van der Waals surface area contributed by atoms with E-state index in [-0.39, 0.29) is 18.9 Å². The molecule has 0 unspecified atom stereocenters.